The van der Waals surface area contributed by atoms with E-state index in [1.165, 1.54) is 0 Å². The highest BCUT2D eigenvalue weighted by molar-refractivity contribution is 6.30. The van der Waals surface area contributed by atoms with Crippen molar-refractivity contribution in [3.05, 3.63) is 77.3 Å². The molecule has 31 heavy (non-hydrogen) atoms. The van der Waals surface area contributed by atoms with E-state index in [0.29, 0.717) is 39.9 Å². The van der Waals surface area contributed by atoms with Crippen LogP contribution in [0.1, 0.15) is 19.4 Å². The van der Waals surface area contributed by atoms with Crippen LogP contribution in [0.15, 0.2) is 71.1 Å². The van der Waals surface area contributed by atoms with Gasteiger partial charge in [0.15, 0.2) is 5.58 Å². The minimum Gasteiger partial charge on any atom is -0.457 e. The van der Waals surface area contributed by atoms with Gasteiger partial charge in [0.2, 0.25) is 11.8 Å². The Balaban J connectivity index is 1.50. The van der Waals surface area contributed by atoms with Crippen LogP contribution in [0.4, 0.5) is 0 Å². The third-order valence-electron chi connectivity index (χ3n) is 5.08. The summed E-state index contributed by atoms with van der Waals surface area (Å²) in [7, 11) is 0. The number of halogens is 1. The minimum atomic E-state index is 0.132. The smallest absolute Gasteiger partial charge is 0.227 e. The van der Waals surface area contributed by atoms with Crippen LogP contribution < -0.4 is 4.74 Å². The van der Waals surface area contributed by atoms with Crippen molar-refractivity contribution in [1.82, 2.24) is 9.88 Å². The van der Waals surface area contributed by atoms with Crippen LogP contribution in [0.5, 0.6) is 11.5 Å². The van der Waals surface area contributed by atoms with Gasteiger partial charge in [-0.1, -0.05) is 23.7 Å². The van der Waals surface area contributed by atoms with Crippen molar-refractivity contribution in [2.75, 3.05) is 13.1 Å². The number of fused-ring (bicyclic) bond motifs is 1. The molecule has 5 nitrogen and oxygen atoms in total. The number of carbonyl (C=O) groups excluding carboxylic acids is 1. The van der Waals surface area contributed by atoms with Crippen molar-refractivity contribution in [1.29, 1.82) is 0 Å². The molecule has 0 unspecified atom stereocenters. The first-order valence-corrected chi connectivity index (χ1v) is 10.6. The van der Waals surface area contributed by atoms with Gasteiger partial charge in [-0.25, -0.2) is 4.98 Å². The Bertz CT molecular complexity index is 1180. The number of ether oxygens (including phenoxy) is 1. The molecule has 0 saturated heterocycles. The van der Waals surface area contributed by atoms with Crippen molar-refractivity contribution >= 4 is 28.6 Å². The van der Waals surface area contributed by atoms with Crippen molar-refractivity contribution in [3.8, 4) is 23.0 Å². The summed E-state index contributed by atoms with van der Waals surface area (Å²) in [4.78, 5) is 18.7. The lowest BCUT2D eigenvalue weighted by atomic mass is 10.1. The number of carbonyl (C=O) groups is 1. The van der Waals surface area contributed by atoms with E-state index in [4.69, 9.17) is 20.8 Å². The summed E-state index contributed by atoms with van der Waals surface area (Å²) in [5, 5.41) is 0.660. The number of oxazole rings is 1. The van der Waals surface area contributed by atoms with E-state index in [9.17, 15) is 4.79 Å². The van der Waals surface area contributed by atoms with Crippen LogP contribution in [-0.4, -0.2) is 28.9 Å². The summed E-state index contributed by atoms with van der Waals surface area (Å²) in [5.74, 6) is 2.02. The van der Waals surface area contributed by atoms with Gasteiger partial charge in [0.05, 0.1) is 6.42 Å². The lowest BCUT2D eigenvalue weighted by Gasteiger charge is -2.18. The molecule has 0 bridgehead atoms. The number of hydrogen-bond acceptors (Lipinski definition) is 4. The number of rotatable bonds is 7. The molecule has 158 valence electrons. The van der Waals surface area contributed by atoms with Gasteiger partial charge in [0.25, 0.3) is 0 Å². The average Bonchev–Trinajstić information content (AvgIpc) is 3.20. The summed E-state index contributed by atoms with van der Waals surface area (Å²) < 4.78 is 11.8. The molecule has 6 heteroatoms. The number of benzene rings is 3. The van der Waals surface area contributed by atoms with Crippen LogP contribution in [0.3, 0.4) is 0 Å². The van der Waals surface area contributed by atoms with Crippen LogP contribution in [-0.2, 0) is 11.2 Å². The number of aromatic nitrogens is 1. The quantitative estimate of drug-likeness (QED) is 0.340. The van der Waals surface area contributed by atoms with Gasteiger partial charge in [-0.2, -0.15) is 0 Å². The molecule has 0 radical (unpaired) electrons. The van der Waals surface area contributed by atoms with Gasteiger partial charge >= 0.3 is 0 Å². The van der Waals surface area contributed by atoms with Gasteiger partial charge in [0.1, 0.15) is 17.0 Å². The van der Waals surface area contributed by atoms with Gasteiger partial charge in [-0.15, -0.1) is 0 Å². The molecule has 0 spiro atoms. The fraction of sp³-hybridized carbons (Fsp3) is 0.200. The first kappa shape index (κ1) is 20.9. The SMILES string of the molecule is CCN(CC)C(=O)Cc1ccc(-c2nc3cc(Oc4ccc(Cl)cc4)ccc3o2)cc1. The Hall–Kier alpha value is -3.31. The number of amides is 1. The van der Waals surface area contributed by atoms with Crippen molar-refractivity contribution < 1.29 is 13.9 Å². The molecule has 0 N–H and O–H groups in total. The third-order valence-corrected chi connectivity index (χ3v) is 5.33. The van der Waals surface area contributed by atoms with E-state index in [2.05, 4.69) is 4.98 Å². The van der Waals surface area contributed by atoms with Crippen LogP contribution in [0, 0.1) is 0 Å². The molecule has 0 atom stereocenters. The van der Waals surface area contributed by atoms with Gasteiger partial charge < -0.3 is 14.1 Å². The Morgan fingerprint density at radius 3 is 2.32 bits per heavy atom. The monoisotopic (exact) mass is 434 g/mol. The highest BCUT2D eigenvalue weighted by Gasteiger charge is 2.12. The van der Waals surface area contributed by atoms with E-state index < -0.39 is 0 Å². The van der Waals surface area contributed by atoms with Gasteiger partial charge in [-0.3, -0.25) is 4.79 Å². The first-order chi connectivity index (χ1) is 15.1. The van der Waals surface area contributed by atoms with Gasteiger partial charge in [-0.05, 0) is 67.9 Å². The molecule has 4 rings (SSSR count). The van der Waals surface area contributed by atoms with Crippen molar-refractivity contribution in [3.63, 3.8) is 0 Å². The first-order valence-electron chi connectivity index (χ1n) is 10.3. The maximum absolute atomic E-state index is 12.3. The summed E-state index contributed by atoms with van der Waals surface area (Å²) in [6, 6.07) is 20.5. The fourth-order valence-corrected chi connectivity index (χ4v) is 3.49. The standard InChI is InChI=1S/C25H23ClN2O3/c1-3-28(4-2)24(29)15-17-5-7-18(8-6-17)25-27-22-16-21(13-14-23(22)31-25)30-20-11-9-19(26)10-12-20/h5-14,16H,3-4,15H2,1-2H3. The molecule has 1 heterocycles. The molecule has 0 aliphatic heterocycles. The molecule has 0 fully saturated rings. The molecule has 0 saturated carbocycles. The average molecular weight is 435 g/mol. The molecular formula is C25H23ClN2O3. The Morgan fingerprint density at radius 2 is 1.65 bits per heavy atom. The lowest BCUT2D eigenvalue weighted by molar-refractivity contribution is -0.130. The summed E-state index contributed by atoms with van der Waals surface area (Å²) in [5.41, 5.74) is 3.22. The molecular weight excluding hydrogens is 412 g/mol. The van der Waals surface area contributed by atoms with Crippen LogP contribution in [0.2, 0.25) is 5.02 Å². The zero-order valence-corrected chi connectivity index (χ0v) is 18.2. The van der Waals surface area contributed by atoms with Gasteiger partial charge in [0, 0.05) is 29.7 Å². The molecule has 4 aromatic rings. The lowest BCUT2D eigenvalue weighted by Crippen LogP contribution is -2.31. The maximum Gasteiger partial charge on any atom is 0.227 e. The number of hydrogen-bond donors (Lipinski definition) is 0. The predicted molar refractivity (Wildman–Crippen MR) is 123 cm³/mol. The maximum atomic E-state index is 12.3. The van der Waals surface area contributed by atoms with Crippen LogP contribution in [0.25, 0.3) is 22.6 Å². The molecule has 1 amide bonds. The van der Waals surface area contributed by atoms with Crippen molar-refractivity contribution in [2.24, 2.45) is 0 Å². The van der Waals surface area contributed by atoms with E-state index in [1.54, 1.807) is 12.1 Å². The van der Waals surface area contributed by atoms with Crippen LogP contribution >= 0.6 is 11.6 Å². The number of nitrogens with zero attached hydrogens (tertiary/aromatic N) is 2. The number of likely N-dealkylation sites (N-methyl/N-ethyl adjacent to an activating group) is 1. The van der Waals surface area contributed by atoms with Crippen molar-refractivity contribution in [2.45, 2.75) is 20.3 Å². The Morgan fingerprint density at radius 1 is 0.968 bits per heavy atom. The van der Waals surface area contributed by atoms with E-state index in [0.717, 1.165) is 24.2 Å². The highest BCUT2D eigenvalue weighted by Crippen LogP contribution is 2.29. The van der Waals surface area contributed by atoms with E-state index >= 15 is 0 Å². The molecule has 0 aliphatic carbocycles. The Labute approximate surface area is 186 Å². The second-order valence-corrected chi connectivity index (χ2v) is 7.58. The van der Waals surface area contributed by atoms with E-state index in [1.807, 2.05) is 73.3 Å². The predicted octanol–water partition coefficient (Wildman–Crippen LogP) is 6.35. The fourth-order valence-electron chi connectivity index (χ4n) is 3.36. The van der Waals surface area contributed by atoms with E-state index in [-0.39, 0.29) is 5.91 Å². The minimum absolute atomic E-state index is 0.132. The highest BCUT2D eigenvalue weighted by atomic mass is 35.5. The second kappa shape index (κ2) is 9.23. The zero-order valence-electron chi connectivity index (χ0n) is 17.5. The largest absolute Gasteiger partial charge is 0.457 e. The summed E-state index contributed by atoms with van der Waals surface area (Å²) in [6.07, 6.45) is 0.390. The second-order valence-electron chi connectivity index (χ2n) is 7.14. The normalized spacial score (nSPS) is 10.9. The third kappa shape index (κ3) is 4.89. The molecule has 0 aliphatic rings. The summed E-state index contributed by atoms with van der Waals surface area (Å²) >= 11 is 5.92. The zero-order chi connectivity index (χ0) is 21.8. The summed E-state index contributed by atoms with van der Waals surface area (Å²) in [6.45, 7) is 5.42. The Kier molecular flexibility index (Phi) is 6.23. The molecule has 1 aromatic heterocycles. The molecule has 3 aromatic carbocycles. The topological polar surface area (TPSA) is 55.6 Å².